The van der Waals surface area contributed by atoms with Gasteiger partial charge in [0.05, 0.1) is 30.7 Å². The summed E-state index contributed by atoms with van der Waals surface area (Å²) < 4.78 is 7.99. The predicted octanol–water partition coefficient (Wildman–Crippen LogP) is 3.99. The van der Waals surface area contributed by atoms with Crippen molar-refractivity contribution in [1.82, 2.24) is 15.1 Å². The van der Waals surface area contributed by atoms with E-state index in [0.717, 1.165) is 29.7 Å². The topological polar surface area (TPSA) is 120 Å². The average Bonchev–Trinajstić information content (AvgIpc) is 3.70. The molecule has 0 saturated heterocycles. The van der Waals surface area contributed by atoms with Crippen LogP contribution in [0.2, 0.25) is 0 Å². The summed E-state index contributed by atoms with van der Waals surface area (Å²) in [5.74, 6) is 0.978. The van der Waals surface area contributed by atoms with E-state index in [9.17, 15) is 4.79 Å². The normalized spacial score (nSPS) is 21.8. The zero-order valence-electron chi connectivity index (χ0n) is 19.9. The van der Waals surface area contributed by atoms with Crippen molar-refractivity contribution in [2.24, 2.45) is 22.8 Å². The molecule has 3 aliphatic rings. The van der Waals surface area contributed by atoms with Crippen LogP contribution in [0.25, 0.3) is 11.1 Å². The Labute approximate surface area is 200 Å². The molecule has 0 bridgehead atoms. The third-order valence-corrected chi connectivity index (χ3v) is 7.41. The van der Waals surface area contributed by atoms with Gasteiger partial charge in [0.25, 0.3) is 0 Å². The largest absolute Gasteiger partial charge is 0.494 e. The fraction of sp³-hybridized carbons (Fsp3) is 0.462. The van der Waals surface area contributed by atoms with Gasteiger partial charge in [0.1, 0.15) is 11.6 Å². The number of ether oxygens (including phenoxy) is 1. The Morgan fingerprint density at radius 1 is 1.24 bits per heavy atom. The first-order valence-corrected chi connectivity index (χ1v) is 12.1. The molecule has 2 aromatic rings. The van der Waals surface area contributed by atoms with Gasteiger partial charge in [0.2, 0.25) is 5.91 Å². The van der Waals surface area contributed by atoms with E-state index in [1.165, 1.54) is 32.1 Å². The van der Waals surface area contributed by atoms with Gasteiger partial charge in [0, 0.05) is 35.0 Å². The van der Waals surface area contributed by atoms with Gasteiger partial charge in [-0.3, -0.25) is 9.48 Å². The minimum Gasteiger partial charge on any atom is -0.494 e. The molecule has 8 heteroatoms. The molecule has 5 rings (SSSR count). The molecule has 1 spiro atoms. The van der Waals surface area contributed by atoms with Crippen LogP contribution in [-0.4, -0.2) is 22.8 Å². The minimum atomic E-state index is -0.0467. The molecule has 3 fully saturated rings. The highest BCUT2D eigenvalue weighted by molar-refractivity contribution is 5.82. The molecular formula is C26H34N6O2. The van der Waals surface area contributed by atoms with Gasteiger partial charge in [-0.2, -0.15) is 5.10 Å². The van der Waals surface area contributed by atoms with Gasteiger partial charge in [0.15, 0.2) is 0 Å². The molecule has 3 saturated carbocycles. The zero-order valence-corrected chi connectivity index (χ0v) is 19.9. The lowest BCUT2D eigenvalue weighted by atomic mass is 10.0. The summed E-state index contributed by atoms with van der Waals surface area (Å²) in [5.41, 5.74) is 16.6. The summed E-state index contributed by atoms with van der Waals surface area (Å²) in [6, 6.07) is 6.44. The van der Waals surface area contributed by atoms with Crippen LogP contribution >= 0.6 is 0 Å². The van der Waals surface area contributed by atoms with Crippen molar-refractivity contribution in [2.75, 3.05) is 12.4 Å². The molecule has 3 aliphatic carbocycles. The van der Waals surface area contributed by atoms with Gasteiger partial charge >= 0.3 is 0 Å². The summed E-state index contributed by atoms with van der Waals surface area (Å²) in [6.07, 6.45) is 14.0. The maximum absolute atomic E-state index is 12.0. The molecule has 180 valence electrons. The summed E-state index contributed by atoms with van der Waals surface area (Å²) in [7, 11) is 1.66. The number of nitrogens with zero attached hydrogens (tertiary/aromatic N) is 2. The Morgan fingerprint density at radius 3 is 2.71 bits per heavy atom. The number of nitrogens with two attached hydrogens (primary N) is 2. The van der Waals surface area contributed by atoms with Crippen molar-refractivity contribution >= 4 is 11.6 Å². The van der Waals surface area contributed by atoms with Gasteiger partial charge in [-0.05, 0) is 56.9 Å². The molecule has 6 N–H and O–H groups in total. The summed E-state index contributed by atoms with van der Waals surface area (Å²) in [6.45, 7) is 1.78. The standard InChI is InChI=1S/C26H34N6O2/c1-16(27)21(13-23(28)31-25(33)17-8-9-17)30-20-6-3-5-19(24(20)34-2)18-14-29-32(15-18)22-7-4-10-26(22)11-12-26/h3,5-6,13-15,17,22,30H,4,7-12,27-28H2,1-2H3,(H,31,33)/b21-16+,23-13+. The first-order chi connectivity index (χ1) is 16.4. The number of amides is 1. The van der Waals surface area contributed by atoms with E-state index in [1.807, 2.05) is 24.4 Å². The van der Waals surface area contributed by atoms with Crippen molar-refractivity contribution in [3.05, 3.63) is 53.9 Å². The second-order valence-electron chi connectivity index (χ2n) is 9.95. The van der Waals surface area contributed by atoms with E-state index in [-0.39, 0.29) is 17.6 Å². The number of anilines is 1. The van der Waals surface area contributed by atoms with Gasteiger partial charge in [-0.25, -0.2) is 0 Å². The van der Waals surface area contributed by atoms with Crippen LogP contribution in [0.3, 0.4) is 0 Å². The number of benzene rings is 1. The van der Waals surface area contributed by atoms with Crippen LogP contribution < -0.4 is 26.8 Å². The Hall–Kier alpha value is -3.42. The smallest absolute Gasteiger partial charge is 0.228 e. The lowest BCUT2D eigenvalue weighted by Gasteiger charge is -2.19. The number of hydrogen-bond donors (Lipinski definition) is 4. The zero-order chi connectivity index (χ0) is 23.9. The van der Waals surface area contributed by atoms with Crippen LogP contribution in [0.4, 0.5) is 5.69 Å². The number of allylic oxidation sites excluding steroid dienone is 2. The predicted molar refractivity (Wildman–Crippen MR) is 132 cm³/mol. The Bertz CT molecular complexity index is 1150. The van der Waals surface area contributed by atoms with Crippen molar-refractivity contribution in [1.29, 1.82) is 0 Å². The lowest BCUT2D eigenvalue weighted by Crippen LogP contribution is -2.29. The Kier molecular flexibility index (Phi) is 5.75. The van der Waals surface area contributed by atoms with Crippen molar-refractivity contribution < 1.29 is 9.53 Å². The van der Waals surface area contributed by atoms with Crippen molar-refractivity contribution in [3.63, 3.8) is 0 Å². The molecule has 1 unspecified atom stereocenters. The minimum absolute atomic E-state index is 0.0467. The molecule has 34 heavy (non-hydrogen) atoms. The molecule has 1 aromatic heterocycles. The quantitative estimate of drug-likeness (QED) is 0.440. The maximum Gasteiger partial charge on any atom is 0.228 e. The molecular weight excluding hydrogens is 428 g/mol. The summed E-state index contributed by atoms with van der Waals surface area (Å²) in [5, 5.41) is 10.8. The third kappa shape index (κ3) is 4.36. The van der Waals surface area contributed by atoms with E-state index >= 15 is 0 Å². The fourth-order valence-electron chi connectivity index (χ4n) is 5.18. The highest BCUT2D eigenvalue weighted by Crippen LogP contribution is 2.63. The maximum atomic E-state index is 12.0. The SMILES string of the molecule is COc1c(NC(/C=C(\N)NC(=O)C2CC2)=C(\C)N)cccc1-c1cnn(C2CCCC23CC3)c1. The number of methoxy groups -OCH3 is 1. The monoisotopic (exact) mass is 462 g/mol. The molecule has 1 atom stereocenters. The van der Waals surface area contributed by atoms with E-state index in [0.29, 0.717) is 28.6 Å². The average molecular weight is 463 g/mol. The molecule has 1 aromatic carbocycles. The number of nitrogens with one attached hydrogen (secondary N) is 2. The summed E-state index contributed by atoms with van der Waals surface area (Å²) in [4.78, 5) is 12.0. The number of carbonyl (C=O) groups excluding carboxylic acids is 1. The second kappa shape index (κ2) is 8.74. The highest BCUT2D eigenvalue weighted by atomic mass is 16.5. The van der Waals surface area contributed by atoms with Crippen LogP contribution in [0.15, 0.2) is 53.9 Å². The lowest BCUT2D eigenvalue weighted by molar-refractivity contribution is -0.121. The van der Waals surface area contributed by atoms with Gasteiger partial charge in [-0.15, -0.1) is 0 Å². The number of rotatable bonds is 8. The molecule has 1 amide bonds. The van der Waals surface area contributed by atoms with Crippen molar-refractivity contribution in [3.8, 4) is 16.9 Å². The molecule has 8 nitrogen and oxygen atoms in total. The van der Waals surface area contributed by atoms with E-state index < -0.39 is 0 Å². The van der Waals surface area contributed by atoms with E-state index in [2.05, 4.69) is 21.5 Å². The number of aromatic nitrogens is 2. The highest BCUT2D eigenvalue weighted by Gasteiger charge is 2.53. The van der Waals surface area contributed by atoms with E-state index in [4.69, 9.17) is 21.3 Å². The molecule has 0 aliphatic heterocycles. The molecule has 1 heterocycles. The number of hydrogen-bond acceptors (Lipinski definition) is 6. The second-order valence-corrected chi connectivity index (χ2v) is 9.95. The van der Waals surface area contributed by atoms with E-state index in [1.54, 1.807) is 20.1 Å². The Balaban J connectivity index is 1.39. The van der Waals surface area contributed by atoms with Crippen LogP contribution in [0.5, 0.6) is 5.75 Å². The Morgan fingerprint density at radius 2 is 2.03 bits per heavy atom. The number of carbonyl (C=O) groups is 1. The third-order valence-electron chi connectivity index (χ3n) is 7.41. The van der Waals surface area contributed by atoms with Crippen LogP contribution in [-0.2, 0) is 4.79 Å². The number of para-hydroxylation sites is 1. The van der Waals surface area contributed by atoms with Gasteiger partial charge in [-0.1, -0.05) is 18.6 Å². The fourth-order valence-corrected chi connectivity index (χ4v) is 5.18. The van der Waals surface area contributed by atoms with Crippen LogP contribution in [0.1, 0.15) is 57.9 Å². The van der Waals surface area contributed by atoms with Crippen molar-refractivity contribution in [2.45, 2.75) is 57.9 Å². The first-order valence-electron chi connectivity index (χ1n) is 12.1. The first kappa shape index (κ1) is 22.4. The summed E-state index contributed by atoms with van der Waals surface area (Å²) >= 11 is 0. The molecule has 0 radical (unpaired) electrons. The van der Waals surface area contributed by atoms with Gasteiger partial charge < -0.3 is 26.8 Å². The van der Waals surface area contributed by atoms with Crippen LogP contribution in [0, 0.1) is 11.3 Å².